The molecule has 0 aromatic carbocycles. The minimum Gasteiger partial charge on any atom is -0.387 e. The first-order valence-electron chi connectivity index (χ1n) is 7.01. The van der Waals surface area contributed by atoms with Gasteiger partial charge in [0.05, 0.1) is 5.60 Å². The van der Waals surface area contributed by atoms with Crippen LogP contribution in [-0.4, -0.2) is 34.7 Å². The molecular weight excluding hydrogens is 198 g/mol. The Bertz CT molecular complexity index is 233. The Labute approximate surface area is 100 Å². The van der Waals surface area contributed by atoms with Gasteiger partial charge in [-0.05, 0) is 24.7 Å². The number of β-amino-alcohol motifs (C(OH)–C–C–N with tert-alkyl or cyclic N) is 1. The van der Waals surface area contributed by atoms with Gasteiger partial charge in [0.25, 0.3) is 0 Å². The van der Waals surface area contributed by atoms with Gasteiger partial charge in [0.2, 0.25) is 0 Å². The van der Waals surface area contributed by atoms with Crippen LogP contribution >= 0.6 is 0 Å². The first kappa shape index (κ1) is 12.4. The van der Waals surface area contributed by atoms with Crippen LogP contribution in [0.4, 0.5) is 0 Å². The fourth-order valence-electron chi connectivity index (χ4n) is 3.25. The van der Waals surface area contributed by atoms with E-state index in [1.54, 1.807) is 0 Å². The topological polar surface area (TPSA) is 23.5 Å². The molecule has 0 amide bonds. The van der Waals surface area contributed by atoms with Gasteiger partial charge >= 0.3 is 0 Å². The Balaban J connectivity index is 1.83. The Kier molecular flexibility index (Phi) is 3.60. The lowest BCUT2D eigenvalue weighted by Crippen LogP contribution is -2.67. The zero-order valence-electron chi connectivity index (χ0n) is 11.1. The average Bonchev–Trinajstić information content (AvgIpc) is 2.24. The van der Waals surface area contributed by atoms with Gasteiger partial charge in [-0.25, -0.2) is 0 Å². The summed E-state index contributed by atoms with van der Waals surface area (Å²) in [5.74, 6) is 1.33. The van der Waals surface area contributed by atoms with Crippen molar-refractivity contribution in [2.24, 2.45) is 11.8 Å². The molecule has 16 heavy (non-hydrogen) atoms. The van der Waals surface area contributed by atoms with Gasteiger partial charge < -0.3 is 5.11 Å². The SMILES string of the molecule is CCC1CCCC(N2CC(O)(C(C)C)C2)C1. The number of rotatable bonds is 3. The summed E-state index contributed by atoms with van der Waals surface area (Å²) >= 11 is 0. The molecule has 1 heterocycles. The van der Waals surface area contributed by atoms with E-state index in [9.17, 15) is 5.11 Å². The summed E-state index contributed by atoms with van der Waals surface area (Å²) in [6, 6.07) is 0.762. The quantitative estimate of drug-likeness (QED) is 0.798. The summed E-state index contributed by atoms with van der Waals surface area (Å²) in [6.45, 7) is 8.39. The molecule has 1 saturated heterocycles. The van der Waals surface area contributed by atoms with Gasteiger partial charge in [0.15, 0.2) is 0 Å². The van der Waals surface area contributed by atoms with Gasteiger partial charge in [-0.2, -0.15) is 0 Å². The van der Waals surface area contributed by atoms with Crippen molar-refractivity contribution in [2.45, 2.75) is 64.5 Å². The molecule has 2 nitrogen and oxygen atoms in total. The van der Waals surface area contributed by atoms with Crippen LogP contribution in [0.15, 0.2) is 0 Å². The number of nitrogens with zero attached hydrogens (tertiary/aromatic N) is 1. The zero-order chi connectivity index (χ0) is 11.8. The molecule has 0 bridgehead atoms. The minimum absolute atomic E-state index is 0.390. The first-order valence-corrected chi connectivity index (χ1v) is 7.01. The van der Waals surface area contributed by atoms with Gasteiger partial charge in [-0.15, -0.1) is 0 Å². The molecule has 0 aromatic rings. The van der Waals surface area contributed by atoms with E-state index in [0.717, 1.165) is 25.0 Å². The predicted molar refractivity (Wildman–Crippen MR) is 67.4 cm³/mol. The Morgan fingerprint density at radius 1 is 1.31 bits per heavy atom. The number of aliphatic hydroxyl groups is 1. The second-order valence-corrected chi connectivity index (χ2v) is 6.26. The van der Waals surface area contributed by atoms with Crippen molar-refractivity contribution < 1.29 is 5.11 Å². The molecule has 0 aromatic heterocycles. The van der Waals surface area contributed by atoms with Crippen LogP contribution in [0.2, 0.25) is 0 Å². The largest absolute Gasteiger partial charge is 0.387 e. The van der Waals surface area contributed by atoms with E-state index >= 15 is 0 Å². The molecule has 0 spiro atoms. The highest BCUT2D eigenvalue weighted by Gasteiger charge is 2.46. The zero-order valence-corrected chi connectivity index (χ0v) is 11.1. The second kappa shape index (κ2) is 4.66. The van der Waals surface area contributed by atoms with E-state index in [1.165, 1.54) is 32.1 Å². The predicted octanol–water partition coefficient (Wildman–Crippen LogP) is 2.66. The third-order valence-electron chi connectivity index (χ3n) is 4.88. The third kappa shape index (κ3) is 2.28. The van der Waals surface area contributed by atoms with E-state index in [0.29, 0.717) is 5.92 Å². The van der Waals surface area contributed by atoms with Gasteiger partial charge in [0, 0.05) is 19.1 Å². The molecular formula is C14H27NO. The molecule has 1 aliphatic carbocycles. The summed E-state index contributed by atoms with van der Waals surface area (Å²) in [6.07, 6.45) is 6.86. The fourth-order valence-corrected chi connectivity index (χ4v) is 3.25. The van der Waals surface area contributed by atoms with Crippen molar-refractivity contribution in [1.29, 1.82) is 0 Å². The molecule has 1 saturated carbocycles. The monoisotopic (exact) mass is 225 g/mol. The highest BCUT2D eigenvalue weighted by atomic mass is 16.3. The summed E-state index contributed by atoms with van der Waals surface area (Å²) in [5.41, 5.74) is -0.390. The number of hydrogen-bond acceptors (Lipinski definition) is 2. The Hall–Kier alpha value is -0.0800. The van der Waals surface area contributed by atoms with Crippen molar-refractivity contribution in [3.05, 3.63) is 0 Å². The van der Waals surface area contributed by atoms with Crippen molar-refractivity contribution in [3.63, 3.8) is 0 Å². The smallest absolute Gasteiger partial charge is 0.0923 e. The van der Waals surface area contributed by atoms with Crippen LogP contribution in [0.25, 0.3) is 0 Å². The minimum atomic E-state index is -0.390. The molecule has 2 unspecified atom stereocenters. The lowest BCUT2D eigenvalue weighted by atomic mass is 9.77. The van der Waals surface area contributed by atoms with Crippen LogP contribution in [0.5, 0.6) is 0 Å². The normalized spacial score (nSPS) is 35.1. The molecule has 2 atom stereocenters. The maximum absolute atomic E-state index is 10.3. The second-order valence-electron chi connectivity index (χ2n) is 6.26. The maximum atomic E-state index is 10.3. The van der Waals surface area contributed by atoms with E-state index in [4.69, 9.17) is 0 Å². The molecule has 2 rings (SSSR count). The lowest BCUT2D eigenvalue weighted by Gasteiger charge is -2.53. The summed E-state index contributed by atoms with van der Waals surface area (Å²) in [7, 11) is 0. The maximum Gasteiger partial charge on any atom is 0.0923 e. The van der Waals surface area contributed by atoms with Crippen LogP contribution in [0.1, 0.15) is 52.9 Å². The summed E-state index contributed by atoms with van der Waals surface area (Å²) < 4.78 is 0. The van der Waals surface area contributed by atoms with Crippen molar-refractivity contribution in [1.82, 2.24) is 4.90 Å². The standard InChI is InChI=1S/C14H27NO/c1-4-12-6-5-7-13(8-12)15-9-14(16,10-15)11(2)3/h11-13,16H,4-10H2,1-3H3. The van der Waals surface area contributed by atoms with Gasteiger partial charge in [0.1, 0.15) is 0 Å². The van der Waals surface area contributed by atoms with Crippen LogP contribution < -0.4 is 0 Å². The Morgan fingerprint density at radius 3 is 2.56 bits per heavy atom. The summed E-state index contributed by atoms with van der Waals surface area (Å²) in [5, 5.41) is 10.3. The Morgan fingerprint density at radius 2 is 2.00 bits per heavy atom. The summed E-state index contributed by atoms with van der Waals surface area (Å²) in [4.78, 5) is 2.52. The van der Waals surface area contributed by atoms with E-state index in [1.807, 2.05) is 0 Å². The highest BCUT2D eigenvalue weighted by Crippen LogP contribution is 2.36. The van der Waals surface area contributed by atoms with E-state index in [2.05, 4.69) is 25.7 Å². The van der Waals surface area contributed by atoms with Crippen LogP contribution in [-0.2, 0) is 0 Å². The van der Waals surface area contributed by atoms with Crippen LogP contribution in [0, 0.1) is 11.8 Å². The van der Waals surface area contributed by atoms with Crippen molar-refractivity contribution in [3.8, 4) is 0 Å². The molecule has 1 aliphatic heterocycles. The third-order valence-corrected chi connectivity index (χ3v) is 4.88. The van der Waals surface area contributed by atoms with Crippen LogP contribution in [0.3, 0.4) is 0 Å². The number of likely N-dealkylation sites (tertiary alicyclic amines) is 1. The molecule has 1 N–H and O–H groups in total. The molecule has 94 valence electrons. The first-order chi connectivity index (χ1) is 7.55. The van der Waals surface area contributed by atoms with Gasteiger partial charge in [-0.1, -0.05) is 40.0 Å². The van der Waals surface area contributed by atoms with E-state index in [-0.39, 0.29) is 5.60 Å². The highest BCUT2D eigenvalue weighted by molar-refractivity contribution is 5.00. The molecule has 0 radical (unpaired) electrons. The van der Waals surface area contributed by atoms with Crippen molar-refractivity contribution in [2.75, 3.05) is 13.1 Å². The lowest BCUT2D eigenvalue weighted by molar-refractivity contribution is -0.148. The fraction of sp³-hybridized carbons (Fsp3) is 1.00. The number of hydrogen-bond donors (Lipinski definition) is 1. The molecule has 2 aliphatic rings. The molecule has 2 heteroatoms. The van der Waals surface area contributed by atoms with E-state index < -0.39 is 0 Å². The van der Waals surface area contributed by atoms with Crippen molar-refractivity contribution >= 4 is 0 Å². The van der Waals surface area contributed by atoms with Gasteiger partial charge in [-0.3, -0.25) is 4.90 Å². The molecule has 2 fully saturated rings. The average molecular weight is 225 g/mol.